The van der Waals surface area contributed by atoms with Gasteiger partial charge in [-0.25, -0.2) is 31.4 Å². The van der Waals surface area contributed by atoms with Crippen LogP contribution in [0.4, 0.5) is 29.5 Å². The van der Waals surface area contributed by atoms with Gasteiger partial charge in [0.15, 0.2) is 10.7 Å². The molecule has 1 amide bonds. The van der Waals surface area contributed by atoms with E-state index in [0.29, 0.717) is 17.7 Å². The molecule has 0 saturated carbocycles. The number of sulfonamides is 1. The zero-order valence-electron chi connectivity index (χ0n) is 21.0. The molecular weight excluding hydrogens is 541 g/mol. The Kier molecular flexibility index (Phi) is 8.00. The summed E-state index contributed by atoms with van der Waals surface area (Å²) < 4.78 is 76.9. The van der Waals surface area contributed by atoms with Crippen molar-refractivity contribution < 1.29 is 31.1 Å². The molecule has 0 spiro atoms. The quantitative estimate of drug-likeness (QED) is 0.383. The number of anilines is 2. The van der Waals surface area contributed by atoms with Crippen molar-refractivity contribution in [1.29, 1.82) is 0 Å². The molecule has 0 radical (unpaired) electrons. The van der Waals surface area contributed by atoms with E-state index in [1.807, 2.05) is 0 Å². The number of carbonyl (C=O) groups is 1. The fraction of sp³-hybridized carbons (Fsp3) is 0.360. The first-order valence-electron chi connectivity index (χ1n) is 11.7. The predicted molar refractivity (Wildman–Crippen MR) is 138 cm³/mol. The first-order valence-corrected chi connectivity index (χ1v) is 14.1. The molecule has 0 atom stereocenters. The van der Waals surface area contributed by atoms with E-state index in [9.17, 15) is 17.6 Å². The molecule has 1 fully saturated rings. The summed E-state index contributed by atoms with van der Waals surface area (Å²) in [6.45, 7) is 6.77. The Morgan fingerprint density at radius 1 is 1.16 bits per heavy atom. The van der Waals surface area contributed by atoms with Crippen LogP contribution >= 0.6 is 11.3 Å². The van der Waals surface area contributed by atoms with E-state index < -0.39 is 38.2 Å². The van der Waals surface area contributed by atoms with Crippen LogP contribution in [0.3, 0.4) is 0 Å². The average molecular weight is 569 g/mol. The third-order valence-electron chi connectivity index (χ3n) is 5.71. The summed E-state index contributed by atoms with van der Waals surface area (Å²) >= 11 is 0.988. The van der Waals surface area contributed by atoms with Crippen LogP contribution in [-0.4, -0.2) is 43.1 Å². The number of hydrogen-bond donors (Lipinski definition) is 1. The Labute approximate surface area is 223 Å². The van der Waals surface area contributed by atoms with E-state index in [0.717, 1.165) is 43.0 Å². The number of nitrogens with zero attached hydrogens (tertiary/aromatic N) is 3. The smallest absolute Gasteiger partial charge is 0.430 e. The summed E-state index contributed by atoms with van der Waals surface area (Å²) in [5.74, 6) is -3.57. The molecule has 13 heteroatoms. The Morgan fingerprint density at radius 3 is 2.39 bits per heavy atom. The molecule has 1 aliphatic heterocycles. The van der Waals surface area contributed by atoms with E-state index in [-0.39, 0.29) is 28.2 Å². The van der Waals surface area contributed by atoms with Crippen molar-refractivity contribution in [3.8, 4) is 0 Å². The van der Waals surface area contributed by atoms with Crippen molar-refractivity contribution in [3.05, 3.63) is 69.8 Å². The predicted octanol–water partition coefficient (Wildman–Crippen LogP) is 5.51. The van der Waals surface area contributed by atoms with E-state index in [2.05, 4.69) is 15.2 Å². The Morgan fingerprint density at radius 2 is 1.84 bits per heavy atom. The Balaban J connectivity index is 1.61. The van der Waals surface area contributed by atoms with E-state index >= 15 is 8.78 Å². The minimum atomic E-state index is -5.09. The molecule has 3 aromatic rings. The summed E-state index contributed by atoms with van der Waals surface area (Å²) in [5, 5.41) is 4.07. The maximum Gasteiger partial charge on any atom is 0.430 e. The number of ether oxygens (including phenoxy) is 1. The summed E-state index contributed by atoms with van der Waals surface area (Å²) in [7, 11) is -5.09. The zero-order chi connectivity index (χ0) is 27.7. The van der Waals surface area contributed by atoms with Crippen LogP contribution in [0.5, 0.6) is 0 Å². The van der Waals surface area contributed by atoms with Gasteiger partial charge in [0.2, 0.25) is 0 Å². The number of benzene rings is 2. The van der Waals surface area contributed by atoms with Gasteiger partial charge in [0.05, 0.1) is 5.51 Å². The lowest BCUT2D eigenvalue weighted by molar-refractivity contribution is 0.0608. The minimum Gasteiger partial charge on any atom is -0.443 e. The number of rotatable bonds is 8. The molecule has 2 aromatic carbocycles. The highest BCUT2D eigenvalue weighted by molar-refractivity contribution is 7.93. The molecule has 1 saturated heterocycles. The molecule has 1 aliphatic rings. The summed E-state index contributed by atoms with van der Waals surface area (Å²) in [5.41, 5.74) is 1.21. The van der Waals surface area contributed by atoms with Gasteiger partial charge in [-0.15, -0.1) is 15.6 Å². The molecule has 38 heavy (non-hydrogen) atoms. The van der Waals surface area contributed by atoms with Gasteiger partial charge in [-0.3, -0.25) is 4.90 Å². The SMILES string of the molecule is CC(C)(C)OC(=O)N(c1cscn1)S(=O)(=O)c1c(F)cc(NCc2cccc(F)c2CN2CCC2)cc1F. The second-order valence-corrected chi connectivity index (χ2v) is 12.2. The van der Waals surface area contributed by atoms with E-state index in [1.165, 1.54) is 37.7 Å². The van der Waals surface area contributed by atoms with Gasteiger partial charge in [0.25, 0.3) is 10.0 Å². The number of aromatic nitrogens is 1. The van der Waals surface area contributed by atoms with Crippen molar-refractivity contribution in [2.24, 2.45) is 0 Å². The van der Waals surface area contributed by atoms with Crippen LogP contribution in [-0.2, 0) is 27.8 Å². The molecule has 1 N–H and O–H groups in total. The Hall–Kier alpha value is -3.16. The maximum absolute atomic E-state index is 15.2. The van der Waals surface area contributed by atoms with Gasteiger partial charge >= 0.3 is 6.09 Å². The first-order chi connectivity index (χ1) is 17.9. The fourth-order valence-corrected chi connectivity index (χ4v) is 5.79. The van der Waals surface area contributed by atoms with Crippen molar-refractivity contribution >= 4 is 39.0 Å². The molecule has 0 aliphatic carbocycles. The highest BCUT2D eigenvalue weighted by atomic mass is 32.2. The van der Waals surface area contributed by atoms with Crippen molar-refractivity contribution in [1.82, 2.24) is 9.88 Å². The summed E-state index contributed by atoms with van der Waals surface area (Å²) in [4.78, 5) is 17.4. The highest BCUT2D eigenvalue weighted by Crippen LogP contribution is 2.31. The van der Waals surface area contributed by atoms with Crippen LogP contribution < -0.4 is 9.62 Å². The van der Waals surface area contributed by atoms with Gasteiger partial charge in [-0.2, -0.15) is 0 Å². The lowest BCUT2D eigenvalue weighted by atomic mass is 10.0. The van der Waals surface area contributed by atoms with Gasteiger partial charge in [-0.1, -0.05) is 12.1 Å². The number of hydrogen-bond acceptors (Lipinski definition) is 8. The van der Waals surface area contributed by atoms with Crippen molar-refractivity contribution in [2.45, 2.75) is 50.8 Å². The van der Waals surface area contributed by atoms with E-state index in [1.54, 1.807) is 12.1 Å². The van der Waals surface area contributed by atoms with Crippen LogP contribution in [0.1, 0.15) is 38.3 Å². The molecule has 8 nitrogen and oxygen atoms in total. The summed E-state index contributed by atoms with van der Waals surface area (Å²) in [6.07, 6.45) is -0.311. The largest absolute Gasteiger partial charge is 0.443 e. The van der Waals surface area contributed by atoms with Crippen LogP contribution in [0.15, 0.2) is 46.1 Å². The molecule has 0 unspecified atom stereocenters. The molecule has 204 valence electrons. The van der Waals surface area contributed by atoms with Crippen molar-refractivity contribution in [2.75, 3.05) is 22.7 Å². The van der Waals surface area contributed by atoms with Gasteiger partial charge in [-0.05, 0) is 64.0 Å². The fourth-order valence-electron chi connectivity index (χ4n) is 3.83. The maximum atomic E-state index is 15.2. The number of thiazole rings is 1. The highest BCUT2D eigenvalue weighted by Gasteiger charge is 2.39. The van der Waals surface area contributed by atoms with Gasteiger partial charge in [0, 0.05) is 29.7 Å². The second-order valence-electron chi connectivity index (χ2n) is 9.73. The first kappa shape index (κ1) is 27.9. The number of halogens is 3. The summed E-state index contributed by atoms with van der Waals surface area (Å²) in [6, 6.07) is 6.23. The average Bonchev–Trinajstić information content (AvgIpc) is 3.27. The third-order valence-corrected chi connectivity index (χ3v) is 8.01. The van der Waals surface area contributed by atoms with Crippen molar-refractivity contribution in [3.63, 3.8) is 0 Å². The molecule has 0 bridgehead atoms. The topological polar surface area (TPSA) is 91.8 Å². The number of amides is 1. The number of likely N-dealkylation sites (tertiary alicyclic amines) is 1. The van der Waals surface area contributed by atoms with Crippen LogP contribution in [0.25, 0.3) is 0 Å². The molecule has 2 heterocycles. The number of nitrogens with one attached hydrogen (secondary N) is 1. The monoisotopic (exact) mass is 568 g/mol. The third kappa shape index (κ3) is 6.11. The lowest BCUT2D eigenvalue weighted by Crippen LogP contribution is -2.41. The standard InChI is InChI=1S/C25H27F3N4O4S2/c1-25(2,3)36-24(33)32(22-14-37-15-30-22)38(34,35)23-20(27)10-17(11-21(23)28)29-12-16-6-4-7-19(26)18(16)13-31-8-5-9-31/h4,6-7,10-11,14-15,29H,5,8-9,12-13H2,1-3H3. The normalized spacial score (nSPS) is 14.2. The van der Waals surface area contributed by atoms with Crippen LogP contribution in [0, 0.1) is 17.5 Å². The van der Waals surface area contributed by atoms with Gasteiger partial charge in [0.1, 0.15) is 23.1 Å². The van der Waals surface area contributed by atoms with E-state index in [4.69, 9.17) is 4.74 Å². The lowest BCUT2D eigenvalue weighted by Gasteiger charge is -2.31. The molecule has 4 rings (SSSR count). The van der Waals surface area contributed by atoms with Crippen LogP contribution in [0.2, 0.25) is 0 Å². The molecular formula is C25H27F3N4O4S2. The molecule has 1 aromatic heterocycles. The Bertz CT molecular complexity index is 1400. The minimum absolute atomic E-state index is 0.0504. The van der Waals surface area contributed by atoms with Gasteiger partial charge < -0.3 is 10.1 Å². The second kappa shape index (κ2) is 10.9. The number of carbonyl (C=O) groups excluding carboxylic acids is 1. The zero-order valence-corrected chi connectivity index (χ0v) is 22.6.